The highest BCUT2D eigenvalue weighted by Crippen LogP contribution is 2.23. The van der Waals surface area contributed by atoms with E-state index in [4.69, 9.17) is 5.11 Å². The van der Waals surface area contributed by atoms with Crippen molar-refractivity contribution in [1.82, 2.24) is 5.32 Å². The number of hydrogen-bond acceptors (Lipinski definition) is 4. The van der Waals surface area contributed by atoms with E-state index in [9.17, 15) is 15.0 Å². The maximum absolute atomic E-state index is 10.6. The maximum atomic E-state index is 10.6. The van der Waals surface area contributed by atoms with Crippen molar-refractivity contribution in [2.45, 2.75) is 31.5 Å². The number of carboxylic acids is 1. The summed E-state index contributed by atoms with van der Waals surface area (Å²) in [5, 5.41) is 31.7. The van der Waals surface area contributed by atoms with Crippen LogP contribution in [0.2, 0.25) is 0 Å². The van der Waals surface area contributed by atoms with Gasteiger partial charge < -0.3 is 20.6 Å². The zero-order valence-corrected chi connectivity index (χ0v) is 11.0. The molecule has 0 aliphatic heterocycles. The molecule has 0 aliphatic carbocycles. The number of aliphatic hydroxyl groups excluding tert-OH is 2. The highest BCUT2D eigenvalue weighted by Gasteiger charge is 2.20. The lowest BCUT2D eigenvalue weighted by atomic mass is 9.94. The maximum Gasteiger partial charge on any atom is 0.303 e. The summed E-state index contributed by atoms with van der Waals surface area (Å²) >= 11 is 0. The molecule has 0 fully saturated rings. The molecule has 0 heterocycles. The highest BCUT2D eigenvalue weighted by molar-refractivity contribution is 5.67. The first-order valence-corrected chi connectivity index (χ1v) is 6.36. The van der Waals surface area contributed by atoms with Gasteiger partial charge in [-0.3, -0.25) is 4.79 Å². The third-order valence-electron chi connectivity index (χ3n) is 3.04. The summed E-state index contributed by atoms with van der Waals surface area (Å²) in [6, 6.07) is 7.08. The standard InChI is InChI=1S/C14H21NO4/c1-15-9-8-12(16)14(19)11-5-3-2-4-10(11)6-7-13(17)18/h2-5,12,14-16,19H,6-9H2,1H3,(H,17,18). The van der Waals surface area contributed by atoms with E-state index in [0.717, 1.165) is 5.56 Å². The minimum atomic E-state index is -0.988. The van der Waals surface area contributed by atoms with Crippen molar-refractivity contribution in [2.75, 3.05) is 13.6 Å². The van der Waals surface area contributed by atoms with E-state index in [1.807, 2.05) is 0 Å². The van der Waals surface area contributed by atoms with Crippen LogP contribution in [0.5, 0.6) is 0 Å². The summed E-state index contributed by atoms with van der Waals surface area (Å²) in [6.07, 6.45) is -1.06. The Balaban J connectivity index is 2.77. The lowest BCUT2D eigenvalue weighted by Crippen LogP contribution is -2.24. The second kappa shape index (κ2) is 7.89. The minimum absolute atomic E-state index is 0.0103. The van der Waals surface area contributed by atoms with Crippen LogP contribution in [-0.2, 0) is 11.2 Å². The van der Waals surface area contributed by atoms with E-state index < -0.39 is 18.2 Å². The van der Waals surface area contributed by atoms with Crippen molar-refractivity contribution in [1.29, 1.82) is 0 Å². The third kappa shape index (κ3) is 4.98. The first kappa shape index (κ1) is 15.6. The van der Waals surface area contributed by atoms with E-state index in [0.29, 0.717) is 24.9 Å². The van der Waals surface area contributed by atoms with E-state index >= 15 is 0 Å². The average molecular weight is 267 g/mol. The molecule has 2 unspecified atom stereocenters. The Morgan fingerprint density at radius 2 is 2.00 bits per heavy atom. The number of rotatable bonds is 8. The fraction of sp³-hybridized carbons (Fsp3) is 0.500. The minimum Gasteiger partial charge on any atom is -0.481 e. The second-order valence-electron chi connectivity index (χ2n) is 4.50. The quantitative estimate of drug-likeness (QED) is 0.557. The Bertz CT molecular complexity index is 408. The molecule has 0 saturated carbocycles. The Kier molecular flexibility index (Phi) is 6.49. The Morgan fingerprint density at radius 3 is 2.63 bits per heavy atom. The molecule has 0 spiro atoms. The van der Waals surface area contributed by atoms with Gasteiger partial charge in [-0.25, -0.2) is 0 Å². The first-order valence-electron chi connectivity index (χ1n) is 6.36. The zero-order valence-electron chi connectivity index (χ0n) is 11.0. The molecule has 19 heavy (non-hydrogen) atoms. The summed E-state index contributed by atoms with van der Waals surface area (Å²) in [5.41, 5.74) is 1.37. The molecule has 0 radical (unpaired) electrons. The van der Waals surface area contributed by atoms with Crippen LogP contribution in [0.15, 0.2) is 24.3 Å². The molecule has 1 aromatic carbocycles. The molecule has 1 rings (SSSR count). The molecule has 0 saturated heterocycles. The summed E-state index contributed by atoms with van der Waals surface area (Å²) in [7, 11) is 1.78. The number of aliphatic hydroxyl groups is 2. The topological polar surface area (TPSA) is 89.8 Å². The molecule has 4 N–H and O–H groups in total. The predicted octanol–water partition coefficient (Wildman–Crippen LogP) is 0.708. The van der Waals surface area contributed by atoms with Crippen LogP contribution in [0, 0.1) is 0 Å². The average Bonchev–Trinajstić information content (AvgIpc) is 2.42. The SMILES string of the molecule is CNCCC(O)C(O)c1ccccc1CCC(=O)O. The van der Waals surface area contributed by atoms with Gasteiger partial charge in [0.25, 0.3) is 0 Å². The van der Waals surface area contributed by atoms with Gasteiger partial charge in [-0.05, 0) is 37.6 Å². The molecule has 0 aliphatic rings. The largest absolute Gasteiger partial charge is 0.481 e. The number of aryl methyl sites for hydroxylation is 1. The van der Waals surface area contributed by atoms with Gasteiger partial charge in [-0.1, -0.05) is 24.3 Å². The fourth-order valence-electron chi connectivity index (χ4n) is 1.95. The van der Waals surface area contributed by atoms with Gasteiger partial charge in [0.2, 0.25) is 0 Å². The van der Waals surface area contributed by atoms with E-state index in [-0.39, 0.29) is 6.42 Å². The van der Waals surface area contributed by atoms with Gasteiger partial charge >= 0.3 is 5.97 Å². The van der Waals surface area contributed by atoms with Gasteiger partial charge in [0, 0.05) is 6.42 Å². The first-order chi connectivity index (χ1) is 9.06. The van der Waals surface area contributed by atoms with Gasteiger partial charge in [0.15, 0.2) is 0 Å². The van der Waals surface area contributed by atoms with Crippen LogP contribution in [0.4, 0.5) is 0 Å². The van der Waals surface area contributed by atoms with Gasteiger partial charge in [0.05, 0.1) is 6.10 Å². The number of carboxylic acid groups (broad SMARTS) is 1. The Morgan fingerprint density at radius 1 is 1.32 bits per heavy atom. The molecular formula is C14H21NO4. The molecular weight excluding hydrogens is 246 g/mol. The van der Waals surface area contributed by atoms with E-state index in [1.54, 1.807) is 31.3 Å². The van der Waals surface area contributed by atoms with Crippen molar-refractivity contribution in [3.63, 3.8) is 0 Å². The molecule has 0 bridgehead atoms. The summed E-state index contributed by atoms with van der Waals surface area (Å²) in [5.74, 6) is -0.875. The van der Waals surface area contributed by atoms with E-state index in [1.165, 1.54) is 0 Å². The Hall–Kier alpha value is -1.43. The molecule has 2 atom stereocenters. The number of hydrogen-bond donors (Lipinski definition) is 4. The molecule has 5 nitrogen and oxygen atoms in total. The molecule has 5 heteroatoms. The van der Waals surface area contributed by atoms with Crippen LogP contribution < -0.4 is 5.32 Å². The van der Waals surface area contributed by atoms with Crippen LogP contribution in [0.3, 0.4) is 0 Å². The lowest BCUT2D eigenvalue weighted by molar-refractivity contribution is -0.136. The summed E-state index contributed by atoms with van der Waals surface area (Å²) < 4.78 is 0. The normalized spacial score (nSPS) is 14.1. The fourth-order valence-corrected chi connectivity index (χ4v) is 1.95. The Labute approximate surface area is 112 Å². The zero-order chi connectivity index (χ0) is 14.3. The third-order valence-corrected chi connectivity index (χ3v) is 3.04. The van der Waals surface area contributed by atoms with Gasteiger partial charge in [0.1, 0.15) is 6.10 Å². The second-order valence-corrected chi connectivity index (χ2v) is 4.50. The molecule has 1 aromatic rings. The van der Waals surface area contributed by atoms with Crippen molar-refractivity contribution in [3.8, 4) is 0 Å². The number of aliphatic carboxylic acids is 1. The van der Waals surface area contributed by atoms with Crippen molar-refractivity contribution >= 4 is 5.97 Å². The van der Waals surface area contributed by atoms with Crippen LogP contribution >= 0.6 is 0 Å². The van der Waals surface area contributed by atoms with Crippen LogP contribution in [-0.4, -0.2) is 41.0 Å². The van der Waals surface area contributed by atoms with E-state index in [2.05, 4.69) is 5.32 Å². The lowest BCUT2D eigenvalue weighted by Gasteiger charge is -2.20. The number of benzene rings is 1. The summed E-state index contributed by atoms with van der Waals surface area (Å²) in [6.45, 7) is 0.607. The molecule has 0 amide bonds. The van der Waals surface area contributed by atoms with Gasteiger partial charge in [-0.15, -0.1) is 0 Å². The molecule has 106 valence electrons. The number of nitrogens with one attached hydrogen (secondary N) is 1. The highest BCUT2D eigenvalue weighted by atomic mass is 16.4. The monoisotopic (exact) mass is 267 g/mol. The predicted molar refractivity (Wildman–Crippen MR) is 71.9 cm³/mol. The molecule has 0 aromatic heterocycles. The van der Waals surface area contributed by atoms with Crippen molar-refractivity contribution in [3.05, 3.63) is 35.4 Å². The van der Waals surface area contributed by atoms with Crippen molar-refractivity contribution < 1.29 is 20.1 Å². The van der Waals surface area contributed by atoms with Crippen LogP contribution in [0.25, 0.3) is 0 Å². The van der Waals surface area contributed by atoms with Crippen LogP contribution in [0.1, 0.15) is 30.1 Å². The number of carbonyl (C=O) groups is 1. The van der Waals surface area contributed by atoms with Crippen molar-refractivity contribution in [2.24, 2.45) is 0 Å². The smallest absolute Gasteiger partial charge is 0.303 e. The van der Waals surface area contributed by atoms with Gasteiger partial charge in [-0.2, -0.15) is 0 Å². The summed E-state index contributed by atoms with van der Waals surface area (Å²) in [4.78, 5) is 10.6.